The molecular formula is C16H17ClN2O. The van der Waals surface area contributed by atoms with Gasteiger partial charge >= 0.3 is 6.03 Å². The van der Waals surface area contributed by atoms with E-state index < -0.39 is 0 Å². The molecule has 0 saturated carbocycles. The van der Waals surface area contributed by atoms with Crippen LogP contribution >= 0.6 is 11.6 Å². The van der Waals surface area contributed by atoms with Gasteiger partial charge in [-0.15, -0.1) is 11.6 Å². The summed E-state index contributed by atoms with van der Waals surface area (Å²) in [4.78, 5) is 14.1. The van der Waals surface area contributed by atoms with Crippen LogP contribution in [0.25, 0.3) is 0 Å². The second kappa shape index (κ2) is 7.56. The van der Waals surface area contributed by atoms with E-state index in [4.69, 9.17) is 11.6 Å². The highest BCUT2D eigenvalue weighted by Crippen LogP contribution is 2.24. The van der Waals surface area contributed by atoms with Crippen LogP contribution in [0.2, 0.25) is 0 Å². The zero-order chi connectivity index (χ0) is 14.2. The first-order valence-corrected chi connectivity index (χ1v) is 7.10. The van der Waals surface area contributed by atoms with Gasteiger partial charge in [-0.25, -0.2) is 4.79 Å². The predicted octanol–water partition coefficient (Wildman–Crippen LogP) is 4.16. The molecule has 2 aromatic rings. The number of rotatable bonds is 5. The smallest absolute Gasteiger partial charge is 0.326 e. The van der Waals surface area contributed by atoms with E-state index in [9.17, 15) is 4.79 Å². The fourth-order valence-corrected chi connectivity index (χ4v) is 2.01. The molecule has 0 saturated heterocycles. The van der Waals surface area contributed by atoms with Gasteiger partial charge in [0.25, 0.3) is 0 Å². The summed E-state index contributed by atoms with van der Waals surface area (Å²) in [6.07, 6.45) is 0.755. The zero-order valence-electron chi connectivity index (χ0n) is 11.1. The largest absolute Gasteiger partial charge is 0.337 e. The zero-order valence-corrected chi connectivity index (χ0v) is 11.9. The summed E-state index contributed by atoms with van der Waals surface area (Å²) in [5.74, 6) is 0.539. The molecule has 0 aliphatic carbocycles. The Labute approximate surface area is 124 Å². The molecule has 0 unspecified atom stereocenters. The van der Waals surface area contributed by atoms with Gasteiger partial charge in [0.05, 0.1) is 11.4 Å². The Morgan fingerprint density at radius 2 is 1.45 bits per heavy atom. The van der Waals surface area contributed by atoms with Crippen molar-refractivity contribution in [3.63, 3.8) is 0 Å². The third-order valence-electron chi connectivity index (χ3n) is 2.82. The van der Waals surface area contributed by atoms with Gasteiger partial charge in [-0.2, -0.15) is 0 Å². The molecule has 0 spiro atoms. The average molecular weight is 289 g/mol. The lowest BCUT2D eigenvalue weighted by Gasteiger charge is -2.23. The number of nitrogens with zero attached hydrogens (tertiary/aromatic N) is 1. The van der Waals surface area contributed by atoms with Gasteiger partial charge in [0, 0.05) is 12.4 Å². The normalized spacial score (nSPS) is 10.1. The fourth-order valence-electron chi connectivity index (χ4n) is 1.88. The minimum absolute atomic E-state index is 0.146. The minimum Gasteiger partial charge on any atom is -0.337 e. The quantitative estimate of drug-likeness (QED) is 0.650. The van der Waals surface area contributed by atoms with E-state index in [-0.39, 0.29) is 6.03 Å². The van der Waals surface area contributed by atoms with Crippen molar-refractivity contribution in [2.75, 3.05) is 17.3 Å². The Kier molecular flexibility index (Phi) is 5.44. The third-order valence-corrected chi connectivity index (χ3v) is 3.09. The van der Waals surface area contributed by atoms with Crippen LogP contribution in [0.5, 0.6) is 0 Å². The summed E-state index contributed by atoms with van der Waals surface area (Å²) in [5, 5.41) is 2.88. The minimum atomic E-state index is -0.146. The Balaban J connectivity index is 2.23. The molecule has 2 amide bonds. The lowest BCUT2D eigenvalue weighted by Crippen LogP contribution is -2.37. The van der Waals surface area contributed by atoms with Crippen LogP contribution in [0.15, 0.2) is 60.7 Å². The number of para-hydroxylation sites is 2. The number of alkyl halides is 1. The monoisotopic (exact) mass is 288 g/mol. The van der Waals surface area contributed by atoms with Crippen molar-refractivity contribution < 1.29 is 4.79 Å². The summed E-state index contributed by atoms with van der Waals surface area (Å²) in [6.45, 7) is 0.568. The summed E-state index contributed by atoms with van der Waals surface area (Å²) >= 11 is 5.63. The number of anilines is 2. The molecule has 2 rings (SSSR count). The highest BCUT2D eigenvalue weighted by Gasteiger charge is 2.16. The maximum Gasteiger partial charge on any atom is 0.326 e. The first-order chi connectivity index (χ1) is 9.83. The van der Waals surface area contributed by atoms with Gasteiger partial charge in [0.1, 0.15) is 0 Å². The summed E-state index contributed by atoms with van der Waals surface area (Å²) in [5.41, 5.74) is 1.67. The molecule has 4 heteroatoms. The molecule has 0 radical (unpaired) electrons. The van der Waals surface area contributed by atoms with Gasteiger partial charge in [-0.05, 0) is 30.7 Å². The average Bonchev–Trinajstić information content (AvgIpc) is 2.50. The number of halogens is 1. The third kappa shape index (κ3) is 3.75. The van der Waals surface area contributed by atoms with E-state index in [1.165, 1.54) is 0 Å². The summed E-state index contributed by atoms with van der Waals surface area (Å²) < 4.78 is 0. The standard InChI is InChI=1S/C16H17ClN2O/c17-12-7-13-18-16(20)19(14-8-3-1-4-9-14)15-10-5-2-6-11-15/h1-6,8-11H,7,12-13H2,(H,18,20). The predicted molar refractivity (Wildman–Crippen MR) is 83.8 cm³/mol. The maximum absolute atomic E-state index is 12.4. The van der Waals surface area contributed by atoms with Crippen molar-refractivity contribution in [3.05, 3.63) is 60.7 Å². The summed E-state index contributed by atoms with van der Waals surface area (Å²) in [7, 11) is 0. The number of urea groups is 1. The van der Waals surface area contributed by atoms with Crippen LogP contribution in [0, 0.1) is 0 Å². The van der Waals surface area contributed by atoms with Gasteiger partial charge in [0.2, 0.25) is 0 Å². The van der Waals surface area contributed by atoms with Crippen LogP contribution in [0.3, 0.4) is 0 Å². The molecular weight excluding hydrogens is 272 g/mol. The van der Waals surface area contributed by atoms with Crippen molar-refractivity contribution in [1.82, 2.24) is 5.32 Å². The van der Waals surface area contributed by atoms with E-state index in [2.05, 4.69) is 5.32 Å². The Bertz CT molecular complexity index is 491. The first kappa shape index (κ1) is 14.4. The molecule has 0 aromatic heterocycles. The number of amides is 2. The van der Waals surface area contributed by atoms with E-state index in [0.29, 0.717) is 12.4 Å². The van der Waals surface area contributed by atoms with E-state index in [1.807, 2.05) is 60.7 Å². The van der Waals surface area contributed by atoms with Crippen LogP contribution in [-0.2, 0) is 0 Å². The SMILES string of the molecule is O=C(NCCCCl)N(c1ccccc1)c1ccccc1. The Morgan fingerprint density at radius 3 is 1.90 bits per heavy atom. The molecule has 1 N–H and O–H groups in total. The van der Waals surface area contributed by atoms with Crippen molar-refractivity contribution in [2.45, 2.75) is 6.42 Å². The molecule has 20 heavy (non-hydrogen) atoms. The molecule has 0 atom stereocenters. The molecule has 104 valence electrons. The molecule has 0 bridgehead atoms. The second-order valence-corrected chi connectivity index (χ2v) is 4.66. The van der Waals surface area contributed by atoms with Gasteiger partial charge < -0.3 is 5.32 Å². The summed E-state index contributed by atoms with van der Waals surface area (Å²) in [6, 6.07) is 19.0. The molecule has 0 aliphatic rings. The number of nitrogens with one attached hydrogen (secondary N) is 1. The topological polar surface area (TPSA) is 32.3 Å². The van der Waals surface area contributed by atoms with Gasteiger partial charge in [0.15, 0.2) is 0 Å². The van der Waals surface area contributed by atoms with Gasteiger partial charge in [-0.1, -0.05) is 36.4 Å². The number of hydrogen-bond acceptors (Lipinski definition) is 1. The van der Waals surface area contributed by atoms with Crippen molar-refractivity contribution >= 4 is 29.0 Å². The molecule has 0 aliphatic heterocycles. The number of carbonyl (C=O) groups excluding carboxylic acids is 1. The Hall–Kier alpha value is -2.00. The van der Waals surface area contributed by atoms with Crippen LogP contribution < -0.4 is 10.2 Å². The first-order valence-electron chi connectivity index (χ1n) is 6.57. The second-order valence-electron chi connectivity index (χ2n) is 4.28. The van der Waals surface area contributed by atoms with Crippen LogP contribution in [0.4, 0.5) is 16.2 Å². The molecule has 3 nitrogen and oxygen atoms in total. The van der Waals surface area contributed by atoms with Crippen LogP contribution in [-0.4, -0.2) is 18.5 Å². The van der Waals surface area contributed by atoms with E-state index in [1.54, 1.807) is 4.90 Å². The van der Waals surface area contributed by atoms with Gasteiger partial charge in [-0.3, -0.25) is 4.90 Å². The molecule has 0 heterocycles. The number of carbonyl (C=O) groups is 1. The van der Waals surface area contributed by atoms with Crippen molar-refractivity contribution in [2.24, 2.45) is 0 Å². The van der Waals surface area contributed by atoms with E-state index >= 15 is 0 Å². The number of benzene rings is 2. The highest BCUT2D eigenvalue weighted by molar-refractivity contribution is 6.17. The lowest BCUT2D eigenvalue weighted by atomic mass is 10.2. The fraction of sp³-hybridized carbons (Fsp3) is 0.188. The molecule has 2 aromatic carbocycles. The maximum atomic E-state index is 12.4. The van der Waals surface area contributed by atoms with Crippen molar-refractivity contribution in [1.29, 1.82) is 0 Å². The number of hydrogen-bond donors (Lipinski definition) is 1. The Morgan fingerprint density at radius 1 is 0.950 bits per heavy atom. The lowest BCUT2D eigenvalue weighted by molar-refractivity contribution is 0.248. The van der Waals surface area contributed by atoms with E-state index in [0.717, 1.165) is 17.8 Å². The molecule has 0 fully saturated rings. The van der Waals surface area contributed by atoms with Crippen molar-refractivity contribution in [3.8, 4) is 0 Å². The highest BCUT2D eigenvalue weighted by atomic mass is 35.5. The van der Waals surface area contributed by atoms with Crippen LogP contribution in [0.1, 0.15) is 6.42 Å².